The maximum atomic E-state index is 4.73. The fraction of sp³-hybridized carbons (Fsp3) is 0.0909. The van der Waals surface area contributed by atoms with Crippen LogP contribution in [0.15, 0.2) is 77.9 Å². The van der Waals surface area contributed by atoms with E-state index in [-0.39, 0.29) is 0 Å². The molecule has 0 aliphatic heterocycles. The van der Waals surface area contributed by atoms with Crippen molar-refractivity contribution in [3.05, 3.63) is 78.4 Å². The lowest BCUT2D eigenvalue weighted by Crippen LogP contribution is -2.08. The van der Waals surface area contributed by atoms with E-state index >= 15 is 0 Å². The Bertz CT molecular complexity index is 1030. The normalized spacial score (nSPS) is 11.3. The number of aromatic nitrogens is 1. The highest BCUT2D eigenvalue weighted by molar-refractivity contribution is 6.07. The van der Waals surface area contributed by atoms with Crippen LogP contribution in [-0.4, -0.2) is 25.3 Å². The average Bonchev–Trinajstić information content (AvgIpc) is 2.68. The number of hydrogen-bond acceptors (Lipinski definition) is 4. The van der Waals surface area contributed by atoms with Crippen molar-refractivity contribution < 1.29 is 0 Å². The molecule has 4 aromatic rings. The van der Waals surface area contributed by atoms with Crippen LogP contribution in [0.3, 0.4) is 0 Å². The summed E-state index contributed by atoms with van der Waals surface area (Å²) in [7, 11) is 4.06. The van der Waals surface area contributed by atoms with Gasteiger partial charge in [0, 0.05) is 30.6 Å². The summed E-state index contributed by atoms with van der Waals surface area (Å²) in [5.74, 6) is 0. The van der Waals surface area contributed by atoms with Gasteiger partial charge in [0.2, 0.25) is 0 Å². The number of rotatable bonds is 4. The van der Waals surface area contributed by atoms with Crippen molar-refractivity contribution in [2.45, 2.75) is 0 Å². The minimum absolute atomic E-state index is 0.958. The molecule has 0 saturated heterocycles. The Labute approximate surface area is 152 Å². The van der Waals surface area contributed by atoms with Gasteiger partial charge in [0.1, 0.15) is 0 Å². The molecular formula is C22H20N4. The van der Waals surface area contributed by atoms with Crippen LogP contribution >= 0.6 is 0 Å². The number of para-hydroxylation sites is 2. The van der Waals surface area contributed by atoms with Gasteiger partial charge in [0.25, 0.3) is 0 Å². The smallest absolute Gasteiger partial charge is 0.0749 e. The predicted octanol–water partition coefficient (Wildman–Crippen LogP) is 4.90. The van der Waals surface area contributed by atoms with E-state index in [4.69, 9.17) is 4.98 Å². The molecule has 0 radical (unpaired) electrons. The summed E-state index contributed by atoms with van der Waals surface area (Å²) >= 11 is 0. The van der Waals surface area contributed by atoms with Crippen LogP contribution in [0.4, 0.5) is 11.4 Å². The number of fused-ring (bicyclic) bond motifs is 2. The number of nitrogens with one attached hydrogen (secondary N) is 1. The van der Waals surface area contributed by atoms with Crippen molar-refractivity contribution in [3.63, 3.8) is 0 Å². The van der Waals surface area contributed by atoms with Gasteiger partial charge in [-0.05, 0) is 29.8 Å². The van der Waals surface area contributed by atoms with Gasteiger partial charge in [-0.3, -0.25) is 5.43 Å². The molecule has 0 bridgehead atoms. The standard InChI is InChI=1S/C22H20N4/c1-26(2)17-13-11-16(12-14-17)15-23-25-22-18-7-3-5-9-20(18)24-21-10-6-4-8-19(21)22/h3-15H,1-2H3,(H,24,25)/b23-15+. The summed E-state index contributed by atoms with van der Waals surface area (Å²) in [5.41, 5.74) is 8.34. The van der Waals surface area contributed by atoms with Gasteiger partial charge < -0.3 is 4.90 Å². The first-order valence-electron chi connectivity index (χ1n) is 8.56. The van der Waals surface area contributed by atoms with Crippen molar-refractivity contribution >= 4 is 39.4 Å². The molecular weight excluding hydrogens is 320 g/mol. The van der Waals surface area contributed by atoms with Crippen molar-refractivity contribution in [2.75, 3.05) is 24.4 Å². The summed E-state index contributed by atoms with van der Waals surface area (Å²) in [6.07, 6.45) is 1.84. The van der Waals surface area contributed by atoms with E-state index in [1.807, 2.05) is 56.7 Å². The fourth-order valence-electron chi connectivity index (χ4n) is 2.99. The lowest BCUT2D eigenvalue weighted by Gasteiger charge is -2.12. The minimum atomic E-state index is 0.958. The van der Waals surface area contributed by atoms with Crippen LogP contribution in [0.25, 0.3) is 21.8 Å². The van der Waals surface area contributed by atoms with E-state index in [1.54, 1.807) is 0 Å². The summed E-state index contributed by atoms with van der Waals surface area (Å²) < 4.78 is 0. The third kappa shape index (κ3) is 3.09. The lowest BCUT2D eigenvalue weighted by atomic mass is 10.1. The largest absolute Gasteiger partial charge is 0.378 e. The van der Waals surface area contributed by atoms with E-state index in [9.17, 15) is 0 Å². The van der Waals surface area contributed by atoms with Crippen LogP contribution in [0, 0.1) is 0 Å². The Morgan fingerprint density at radius 3 is 1.96 bits per heavy atom. The van der Waals surface area contributed by atoms with Crippen LogP contribution in [0.5, 0.6) is 0 Å². The number of pyridine rings is 1. The summed E-state index contributed by atoms with van der Waals surface area (Å²) in [4.78, 5) is 6.81. The van der Waals surface area contributed by atoms with Crippen LogP contribution < -0.4 is 10.3 Å². The molecule has 0 fully saturated rings. The summed E-state index contributed by atoms with van der Waals surface area (Å²) in [6, 6.07) is 24.5. The number of benzene rings is 3. The second-order valence-corrected chi connectivity index (χ2v) is 6.38. The van der Waals surface area contributed by atoms with Gasteiger partial charge in [-0.2, -0.15) is 5.10 Å². The van der Waals surface area contributed by atoms with E-state index in [0.717, 1.165) is 33.1 Å². The molecule has 3 aromatic carbocycles. The van der Waals surface area contributed by atoms with Crippen molar-refractivity contribution in [1.82, 2.24) is 4.98 Å². The number of anilines is 2. The highest BCUT2D eigenvalue weighted by Gasteiger charge is 2.07. The van der Waals surface area contributed by atoms with E-state index in [1.165, 1.54) is 5.69 Å². The number of hydrogen-bond donors (Lipinski definition) is 1. The molecule has 4 heteroatoms. The third-order valence-electron chi connectivity index (χ3n) is 4.39. The quantitative estimate of drug-likeness (QED) is 0.326. The Balaban J connectivity index is 1.69. The zero-order valence-electron chi connectivity index (χ0n) is 14.8. The first-order chi connectivity index (χ1) is 12.7. The lowest BCUT2D eigenvalue weighted by molar-refractivity contribution is 1.13. The van der Waals surface area contributed by atoms with Gasteiger partial charge in [-0.15, -0.1) is 0 Å². The minimum Gasteiger partial charge on any atom is -0.378 e. The van der Waals surface area contributed by atoms with Crippen molar-refractivity contribution in [1.29, 1.82) is 0 Å². The Morgan fingerprint density at radius 1 is 0.808 bits per heavy atom. The highest BCUT2D eigenvalue weighted by atomic mass is 15.3. The Morgan fingerprint density at radius 2 is 1.38 bits per heavy atom. The van der Waals surface area contributed by atoms with E-state index in [0.29, 0.717) is 0 Å². The number of hydrazone groups is 1. The second kappa shape index (κ2) is 6.84. The monoisotopic (exact) mass is 340 g/mol. The first-order valence-corrected chi connectivity index (χ1v) is 8.56. The molecule has 0 aliphatic rings. The Hall–Kier alpha value is -3.40. The number of nitrogens with zero attached hydrogens (tertiary/aromatic N) is 3. The molecule has 0 amide bonds. The van der Waals surface area contributed by atoms with Gasteiger partial charge in [0.05, 0.1) is 22.9 Å². The van der Waals surface area contributed by atoms with Crippen LogP contribution in [-0.2, 0) is 0 Å². The van der Waals surface area contributed by atoms with Gasteiger partial charge in [-0.1, -0.05) is 48.5 Å². The molecule has 128 valence electrons. The topological polar surface area (TPSA) is 40.5 Å². The van der Waals surface area contributed by atoms with Crippen LogP contribution in [0.1, 0.15) is 5.56 Å². The zero-order chi connectivity index (χ0) is 17.9. The molecule has 1 N–H and O–H groups in total. The Kier molecular flexibility index (Phi) is 4.23. The van der Waals surface area contributed by atoms with E-state index in [2.05, 4.69) is 51.8 Å². The molecule has 0 unspecified atom stereocenters. The van der Waals surface area contributed by atoms with Gasteiger partial charge >= 0.3 is 0 Å². The van der Waals surface area contributed by atoms with E-state index < -0.39 is 0 Å². The molecule has 4 nitrogen and oxygen atoms in total. The third-order valence-corrected chi connectivity index (χ3v) is 4.39. The molecule has 1 aromatic heterocycles. The maximum Gasteiger partial charge on any atom is 0.0749 e. The average molecular weight is 340 g/mol. The fourth-order valence-corrected chi connectivity index (χ4v) is 2.99. The highest BCUT2D eigenvalue weighted by Crippen LogP contribution is 2.30. The second-order valence-electron chi connectivity index (χ2n) is 6.38. The summed E-state index contributed by atoms with van der Waals surface area (Å²) in [5, 5.41) is 6.59. The molecule has 0 saturated carbocycles. The maximum absolute atomic E-state index is 4.73. The van der Waals surface area contributed by atoms with Crippen molar-refractivity contribution in [2.24, 2.45) is 5.10 Å². The predicted molar refractivity (Wildman–Crippen MR) is 111 cm³/mol. The zero-order valence-corrected chi connectivity index (χ0v) is 14.8. The van der Waals surface area contributed by atoms with Crippen LogP contribution in [0.2, 0.25) is 0 Å². The molecule has 4 rings (SSSR count). The van der Waals surface area contributed by atoms with Gasteiger partial charge in [0.15, 0.2) is 0 Å². The molecule has 0 aliphatic carbocycles. The van der Waals surface area contributed by atoms with Gasteiger partial charge in [-0.25, -0.2) is 4.98 Å². The van der Waals surface area contributed by atoms with Crippen molar-refractivity contribution in [3.8, 4) is 0 Å². The molecule has 0 atom stereocenters. The first kappa shape index (κ1) is 16.1. The molecule has 0 spiro atoms. The molecule has 1 heterocycles. The summed E-state index contributed by atoms with van der Waals surface area (Å²) in [6.45, 7) is 0. The SMILES string of the molecule is CN(C)c1ccc(/C=N/Nc2c3ccccc3nc3ccccc23)cc1. The molecule has 26 heavy (non-hydrogen) atoms.